The van der Waals surface area contributed by atoms with E-state index in [4.69, 9.17) is 5.73 Å². The number of carbonyl (C=O) groups is 1. The predicted octanol–water partition coefficient (Wildman–Crippen LogP) is 3.58. The molecule has 1 atom stereocenters. The van der Waals surface area contributed by atoms with E-state index in [2.05, 4.69) is 23.5 Å². The van der Waals surface area contributed by atoms with E-state index in [1.807, 2.05) is 12.1 Å². The number of nitrogens with two attached hydrogens (primary N) is 1. The lowest BCUT2D eigenvalue weighted by molar-refractivity contribution is 0.0937. The van der Waals surface area contributed by atoms with Gasteiger partial charge in [0.25, 0.3) is 5.91 Å². The molecular weight excluding hydrogens is 300 g/mol. The van der Waals surface area contributed by atoms with Gasteiger partial charge in [0.1, 0.15) is 0 Å². The van der Waals surface area contributed by atoms with Crippen molar-refractivity contribution in [1.29, 1.82) is 0 Å². The minimum Gasteiger partial charge on any atom is -0.347 e. The number of hydrogen-bond donors (Lipinski definition) is 2. The van der Waals surface area contributed by atoms with E-state index in [0.717, 1.165) is 4.88 Å². The smallest absolute Gasteiger partial charge is 0.261 e. The van der Waals surface area contributed by atoms with Crippen molar-refractivity contribution in [3.8, 4) is 0 Å². The molecule has 0 bridgehead atoms. The molecule has 0 saturated heterocycles. The summed E-state index contributed by atoms with van der Waals surface area (Å²) in [5.74, 6) is 0.607. The fraction of sp³-hybridized carbons (Fsp3) is 0.312. The second kappa shape index (κ2) is 5.09. The molecule has 108 valence electrons. The lowest BCUT2D eigenvalue weighted by atomic mass is 10.2. The van der Waals surface area contributed by atoms with Gasteiger partial charge in [-0.1, -0.05) is 18.2 Å². The Morgan fingerprint density at radius 1 is 1.29 bits per heavy atom. The first-order valence-electron chi connectivity index (χ1n) is 7.18. The van der Waals surface area contributed by atoms with Gasteiger partial charge in [-0.3, -0.25) is 4.79 Å². The van der Waals surface area contributed by atoms with E-state index in [9.17, 15) is 4.79 Å². The van der Waals surface area contributed by atoms with Crippen LogP contribution in [0.5, 0.6) is 0 Å². The van der Waals surface area contributed by atoms with Crippen molar-refractivity contribution in [1.82, 2.24) is 5.32 Å². The molecule has 1 unspecified atom stereocenters. The molecule has 1 fully saturated rings. The van der Waals surface area contributed by atoms with Gasteiger partial charge in [0.05, 0.1) is 9.58 Å². The number of hydrogen-bond acceptors (Lipinski definition) is 4. The zero-order chi connectivity index (χ0) is 14.4. The zero-order valence-electron chi connectivity index (χ0n) is 11.5. The molecule has 2 aromatic heterocycles. The predicted molar refractivity (Wildman–Crippen MR) is 90.2 cm³/mol. The van der Waals surface area contributed by atoms with Crippen LogP contribution < -0.4 is 11.1 Å². The van der Waals surface area contributed by atoms with E-state index in [1.54, 1.807) is 22.7 Å². The van der Waals surface area contributed by atoms with Gasteiger partial charge in [-0.15, -0.1) is 22.7 Å². The second-order valence-electron chi connectivity index (χ2n) is 5.56. The van der Waals surface area contributed by atoms with Crippen LogP contribution in [0.15, 0.2) is 30.3 Å². The van der Waals surface area contributed by atoms with Crippen LogP contribution in [0.1, 0.15) is 22.5 Å². The van der Waals surface area contributed by atoms with Gasteiger partial charge in [0, 0.05) is 27.4 Å². The Balaban J connectivity index is 1.65. The minimum absolute atomic E-state index is 0.0230. The summed E-state index contributed by atoms with van der Waals surface area (Å²) in [4.78, 5) is 13.2. The summed E-state index contributed by atoms with van der Waals surface area (Å²) in [6.45, 7) is 0.527. The molecular formula is C16H16N2OS2. The molecule has 1 saturated carbocycles. The maximum Gasteiger partial charge on any atom is 0.261 e. The van der Waals surface area contributed by atoms with E-state index in [0.29, 0.717) is 12.5 Å². The van der Waals surface area contributed by atoms with Crippen molar-refractivity contribution in [2.24, 2.45) is 11.7 Å². The molecule has 3 nitrogen and oxygen atoms in total. The van der Waals surface area contributed by atoms with E-state index < -0.39 is 0 Å². The lowest BCUT2D eigenvalue weighted by Gasteiger charge is -2.14. The molecule has 5 heteroatoms. The maximum absolute atomic E-state index is 12.4. The molecule has 0 aliphatic heterocycles. The van der Waals surface area contributed by atoms with Crippen molar-refractivity contribution in [3.63, 3.8) is 0 Å². The Labute approximate surface area is 130 Å². The van der Waals surface area contributed by atoms with Crippen LogP contribution in [-0.4, -0.2) is 18.5 Å². The van der Waals surface area contributed by atoms with Crippen LogP contribution in [-0.2, 0) is 0 Å². The van der Waals surface area contributed by atoms with Crippen LogP contribution in [0.4, 0.5) is 0 Å². The number of amides is 1. The summed E-state index contributed by atoms with van der Waals surface area (Å²) in [5, 5.41) is 4.34. The van der Waals surface area contributed by atoms with E-state index >= 15 is 0 Å². The van der Waals surface area contributed by atoms with Crippen molar-refractivity contribution in [3.05, 3.63) is 35.2 Å². The van der Waals surface area contributed by atoms with Gasteiger partial charge < -0.3 is 11.1 Å². The summed E-state index contributed by atoms with van der Waals surface area (Å²) < 4.78 is 3.70. The lowest BCUT2D eigenvalue weighted by Crippen LogP contribution is -2.41. The zero-order valence-corrected chi connectivity index (χ0v) is 13.1. The number of nitrogens with one attached hydrogen (secondary N) is 1. The Bertz CT molecular complexity index is 816. The number of rotatable bonds is 4. The van der Waals surface area contributed by atoms with Gasteiger partial charge >= 0.3 is 0 Å². The molecule has 3 aromatic rings. The molecule has 4 rings (SSSR count). The van der Waals surface area contributed by atoms with Gasteiger partial charge in [0.15, 0.2) is 0 Å². The summed E-state index contributed by atoms with van der Waals surface area (Å²) in [7, 11) is 0. The third kappa shape index (κ3) is 2.35. The summed E-state index contributed by atoms with van der Waals surface area (Å²) in [5.41, 5.74) is 5.76. The molecule has 3 N–H and O–H groups in total. The van der Waals surface area contributed by atoms with Crippen LogP contribution in [0, 0.1) is 5.92 Å². The molecule has 1 aliphatic rings. The highest BCUT2D eigenvalue weighted by atomic mass is 32.1. The standard InChI is InChI=1S/C16H16N2OS2/c17-8-11(9-5-6-9)18-16(19)14-7-13-15(21-14)10-3-1-2-4-12(10)20-13/h1-4,7,9,11H,5-6,8,17H2,(H,18,19). The second-order valence-corrected chi connectivity index (χ2v) is 7.69. The van der Waals surface area contributed by atoms with Gasteiger partial charge in [-0.25, -0.2) is 0 Å². The van der Waals surface area contributed by atoms with Crippen LogP contribution in [0.3, 0.4) is 0 Å². The van der Waals surface area contributed by atoms with Gasteiger partial charge in [-0.05, 0) is 30.9 Å². The van der Waals surface area contributed by atoms with Crippen molar-refractivity contribution in [2.75, 3.05) is 6.54 Å². The summed E-state index contributed by atoms with van der Waals surface area (Å²) >= 11 is 3.33. The normalized spacial score (nSPS) is 16.4. The van der Waals surface area contributed by atoms with E-state index in [-0.39, 0.29) is 11.9 Å². The van der Waals surface area contributed by atoms with Crippen molar-refractivity contribution >= 4 is 48.1 Å². The molecule has 21 heavy (non-hydrogen) atoms. The summed E-state index contributed by atoms with van der Waals surface area (Å²) in [6.07, 6.45) is 2.37. The van der Waals surface area contributed by atoms with Crippen molar-refractivity contribution in [2.45, 2.75) is 18.9 Å². The fourth-order valence-electron chi connectivity index (χ4n) is 2.72. The third-order valence-corrected chi connectivity index (χ3v) is 6.45. The molecule has 0 radical (unpaired) electrons. The SMILES string of the molecule is NCC(NC(=O)c1cc2sc3ccccc3c2s1)C1CC1. The minimum atomic E-state index is 0.0230. The van der Waals surface area contributed by atoms with Gasteiger partial charge in [0.2, 0.25) is 0 Å². The first-order chi connectivity index (χ1) is 10.3. The Kier molecular flexibility index (Phi) is 3.21. The first kappa shape index (κ1) is 13.2. The Morgan fingerprint density at radius 2 is 2.10 bits per heavy atom. The average Bonchev–Trinajstić information content (AvgIpc) is 3.16. The van der Waals surface area contributed by atoms with Gasteiger partial charge in [-0.2, -0.15) is 0 Å². The number of carbonyl (C=O) groups excluding carboxylic acids is 1. The maximum atomic E-state index is 12.4. The summed E-state index contributed by atoms with van der Waals surface area (Å²) in [6, 6.07) is 10.5. The topological polar surface area (TPSA) is 55.1 Å². The molecule has 2 heterocycles. The van der Waals surface area contributed by atoms with Crippen LogP contribution in [0.25, 0.3) is 19.5 Å². The van der Waals surface area contributed by atoms with Crippen molar-refractivity contribution < 1.29 is 4.79 Å². The number of benzene rings is 1. The van der Waals surface area contributed by atoms with Crippen LogP contribution >= 0.6 is 22.7 Å². The molecule has 1 aromatic carbocycles. The highest BCUT2D eigenvalue weighted by Crippen LogP contribution is 2.39. The highest BCUT2D eigenvalue weighted by molar-refractivity contribution is 7.33. The molecule has 1 amide bonds. The number of thiophene rings is 2. The average molecular weight is 316 g/mol. The van der Waals surface area contributed by atoms with E-state index in [1.165, 1.54) is 32.3 Å². The highest BCUT2D eigenvalue weighted by Gasteiger charge is 2.31. The Morgan fingerprint density at radius 3 is 2.86 bits per heavy atom. The first-order valence-corrected chi connectivity index (χ1v) is 8.81. The molecule has 1 aliphatic carbocycles. The number of fused-ring (bicyclic) bond motifs is 3. The monoisotopic (exact) mass is 316 g/mol. The third-order valence-electron chi connectivity index (χ3n) is 4.03. The largest absolute Gasteiger partial charge is 0.347 e. The fourth-order valence-corrected chi connectivity index (χ4v) is 5.15. The Hall–Kier alpha value is -1.43. The van der Waals surface area contributed by atoms with Crippen LogP contribution in [0.2, 0.25) is 0 Å². The molecule has 0 spiro atoms. The quantitative estimate of drug-likeness (QED) is 0.773.